The molecule has 0 saturated carbocycles. The van der Waals surface area contributed by atoms with E-state index in [4.69, 9.17) is 0 Å². The minimum atomic E-state index is -1.15. The number of hydrogen-bond acceptors (Lipinski definition) is 5. The van der Waals surface area contributed by atoms with Gasteiger partial charge in [0, 0.05) is 25.2 Å². The highest BCUT2D eigenvalue weighted by atomic mass is 32.1. The number of benzene rings is 1. The molecule has 0 aliphatic carbocycles. The Morgan fingerprint density at radius 2 is 2.13 bits per heavy atom. The average Bonchev–Trinajstić information content (AvgIpc) is 2.92. The average molecular weight is 331 g/mol. The van der Waals surface area contributed by atoms with Gasteiger partial charge < -0.3 is 14.8 Å². The molecular weight excluding hydrogens is 310 g/mol. The van der Waals surface area contributed by atoms with Crippen LogP contribution in [0, 0.1) is 6.92 Å². The van der Waals surface area contributed by atoms with Gasteiger partial charge in [-0.1, -0.05) is 18.2 Å². The molecule has 1 N–H and O–H groups in total. The number of carbonyl (C=O) groups is 1. The molecule has 0 amide bonds. The van der Waals surface area contributed by atoms with E-state index in [-0.39, 0.29) is 4.88 Å². The van der Waals surface area contributed by atoms with Crippen LogP contribution in [0.15, 0.2) is 24.3 Å². The summed E-state index contributed by atoms with van der Waals surface area (Å²) < 4.78 is 0. The maximum atomic E-state index is 11.1. The smallest absolute Gasteiger partial charge is 0.124 e. The lowest BCUT2D eigenvalue weighted by atomic mass is 10.1. The van der Waals surface area contributed by atoms with Crippen molar-refractivity contribution in [2.24, 2.45) is 0 Å². The van der Waals surface area contributed by atoms with Crippen LogP contribution in [-0.2, 0) is 6.54 Å². The maximum Gasteiger partial charge on any atom is 0.124 e. The first kappa shape index (κ1) is 16.1. The summed E-state index contributed by atoms with van der Waals surface area (Å²) in [5.41, 5.74) is 2.74. The molecule has 0 atom stereocenters. The van der Waals surface area contributed by atoms with Crippen molar-refractivity contribution in [1.29, 1.82) is 0 Å². The van der Waals surface area contributed by atoms with E-state index in [0.717, 1.165) is 30.2 Å². The summed E-state index contributed by atoms with van der Waals surface area (Å²) in [6.07, 6.45) is 0. The lowest BCUT2D eigenvalue weighted by Gasteiger charge is -2.30. The standard InChI is InChI=1S/C17H21N3O2S/c1-12-15(17(21)22)23-16(18-12)14-5-3-4-13(10-14)11-20-8-6-19(2)7-9-20/h3-5,10H,6-9,11H2,1-2H3,(H,21,22). The quantitative estimate of drug-likeness (QED) is 0.844. The van der Waals surface area contributed by atoms with Gasteiger partial charge in [-0.2, -0.15) is 0 Å². The van der Waals surface area contributed by atoms with Crippen molar-refractivity contribution in [3.05, 3.63) is 40.4 Å². The second kappa shape index (κ2) is 6.78. The van der Waals surface area contributed by atoms with Crippen molar-refractivity contribution < 1.29 is 14.8 Å². The van der Waals surface area contributed by atoms with E-state index in [1.165, 1.54) is 30.0 Å². The third-order valence-corrected chi connectivity index (χ3v) is 5.46. The summed E-state index contributed by atoms with van der Waals surface area (Å²) >= 11 is 1.19. The van der Waals surface area contributed by atoms with Gasteiger partial charge in [0.25, 0.3) is 0 Å². The highest BCUT2D eigenvalue weighted by molar-refractivity contribution is 7.17. The molecule has 0 bridgehead atoms. The van der Waals surface area contributed by atoms with Crippen LogP contribution in [0.1, 0.15) is 20.9 Å². The van der Waals surface area contributed by atoms with Gasteiger partial charge in [-0.3, -0.25) is 4.90 Å². The minimum Gasteiger partial charge on any atom is -0.544 e. The predicted octanol–water partition coefficient (Wildman–Crippen LogP) is -0.188. The fourth-order valence-electron chi connectivity index (χ4n) is 2.86. The van der Waals surface area contributed by atoms with Crippen molar-refractivity contribution in [3.63, 3.8) is 0 Å². The van der Waals surface area contributed by atoms with Gasteiger partial charge in [-0.15, -0.1) is 11.3 Å². The molecule has 1 saturated heterocycles. The van der Waals surface area contributed by atoms with Crippen LogP contribution in [0.2, 0.25) is 0 Å². The molecule has 1 aromatic carbocycles. The van der Waals surface area contributed by atoms with E-state index in [1.807, 2.05) is 12.1 Å². The molecule has 122 valence electrons. The van der Waals surface area contributed by atoms with Crippen molar-refractivity contribution in [3.8, 4) is 10.6 Å². The number of carboxylic acid groups (broad SMARTS) is 1. The second-order valence-corrected chi connectivity index (χ2v) is 7.15. The van der Waals surface area contributed by atoms with E-state index in [2.05, 4.69) is 29.1 Å². The Labute approximate surface area is 140 Å². The number of aromatic carboxylic acids is 1. The number of hydrogen-bond donors (Lipinski definition) is 1. The maximum absolute atomic E-state index is 11.1. The molecule has 0 spiro atoms. The van der Waals surface area contributed by atoms with Gasteiger partial charge in [0.1, 0.15) is 5.01 Å². The van der Waals surface area contributed by atoms with Crippen LogP contribution in [0.5, 0.6) is 0 Å². The first-order valence-corrected chi connectivity index (χ1v) is 8.66. The van der Waals surface area contributed by atoms with E-state index >= 15 is 0 Å². The molecule has 2 heterocycles. The number of likely N-dealkylation sites (N-methyl/N-ethyl adjacent to an activating group) is 1. The number of rotatable bonds is 4. The van der Waals surface area contributed by atoms with Crippen LogP contribution in [0.3, 0.4) is 0 Å². The third-order valence-electron chi connectivity index (χ3n) is 4.27. The Balaban J connectivity index is 1.77. The van der Waals surface area contributed by atoms with Crippen LogP contribution in [0.4, 0.5) is 0 Å². The number of quaternary nitrogens is 1. The van der Waals surface area contributed by atoms with Gasteiger partial charge in [-0.05, 0) is 18.6 Å². The Morgan fingerprint density at radius 1 is 1.39 bits per heavy atom. The molecular formula is C17H21N3O2S. The summed E-state index contributed by atoms with van der Waals surface area (Å²) in [5.74, 6) is -1.15. The number of carbonyl (C=O) groups excluding carboxylic acids is 1. The van der Waals surface area contributed by atoms with Crippen LogP contribution >= 0.6 is 11.3 Å². The first-order chi connectivity index (χ1) is 11.0. The van der Waals surface area contributed by atoms with Gasteiger partial charge in [0.05, 0.1) is 36.7 Å². The van der Waals surface area contributed by atoms with Gasteiger partial charge in [0.2, 0.25) is 0 Å². The van der Waals surface area contributed by atoms with Crippen LogP contribution in [0.25, 0.3) is 10.6 Å². The van der Waals surface area contributed by atoms with Crippen molar-refractivity contribution >= 4 is 17.3 Å². The van der Waals surface area contributed by atoms with Gasteiger partial charge in [0.15, 0.2) is 0 Å². The lowest BCUT2D eigenvalue weighted by Crippen LogP contribution is -3.11. The summed E-state index contributed by atoms with van der Waals surface area (Å²) in [5, 5.41) is 11.8. The van der Waals surface area contributed by atoms with E-state index in [0.29, 0.717) is 5.69 Å². The summed E-state index contributed by atoms with van der Waals surface area (Å²) in [7, 11) is 2.23. The zero-order chi connectivity index (χ0) is 16.4. The predicted molar refractivity (Wildman–Crippen MR) is 88.5 cm³/mol. The number of piperazine rings is 1. The lowest BCUT2D eigenvalue weighted by molar-refractivity contribution is -0.884. The fourth-order valence-corrected chi connectivity index (χ4v) is 3.76. The van der Waals surface area contributed by atoms with E-state index in [9.17, 15) is 9.90 Å². The van der Waals surface area contributed by atoms with Crippen molar-refractivity contribution in [2.45, 2.75) is 13.5 Å². The number of nitrogens with one attached hydrogen (secondary N) is 1. The zero-order valence-corrected chi connectivity index (χ0v) is 14.3. The Morgan fingerprint density at radius 3 is 2.78 bits per heavy atom. The topological polar surface area (TPSA) is 60.7 Å². The number of aromatic nitrogens is 1. The zero-order valence-electron chi connectivity index (χ0n) is 13.5. The highest BCUT2D eigenvalue weighted by Crippen LogP contribution is 2.28. The van der Waals surface area contributed by atoms with E-state index < -0.39 is 5.97 Å². The van der Waals surface area contributed by atoms with Gasteiger partial charge in [-0.25, -0.2) is 4.98 Å². The SMILES string of the molecule is Cc1nc(-c2cccc(CN3CC[NH+](C)CC3)c2)sc1C(=O)[O-]. The van der Waals surface area contributed by atoms with E-state index in [1.54, 1.807) is 11.8 Å². The van der Waals surface area contributed by atoms with Crippen molar-refractivity contribution in [2.75, 3.05) is 33.2 Å². The molecule has 1 aliphatic heterocycles. The summed E-state index contributed by atoms with van der Waals surface area (Å²) in [6, 6.07) is 8.23. The fraction of sp³-hybridized carbons (Fsp3) is 0.412. The molecule has 3 rings (SSSR count). The second-order valence-electron chi connectivity index (χ2n) is 6.15. The highest BCUT2D eigenvalue weighted by Gasteiger charge is 2.17. The molecule has 0 unspecified atom stereocenters. The minimum absolute atomic E-state index is 0.215. The summed E-state index contributed by atoms with van der Waals surface area (Å²) in [6.45, 7) is 7.23. The molecule has 1 fully saturated rings. The number of nitrogens with zero attached hydrogens (tertiary/aromatic N) is 2. The Kier molecular flexibility index (Phi) is 4.75. The number of thiazole rings is 1. The van der Waals surface area contributed by atoms with Gasteiger partial charge >= 0.3 is 0 Å². The number of aryl methyl sites for hydroxylation is 1. The molecule has 1 aliphatic rings. The van der Waals surface area contributed by atoms with Crippen LogP contribution in [-0.4, -0.2) is 49.1 Å². The first-order valence-electron chi connectivity index (χ1n) is 7.84. The molecule has 23 heavy (non-hydrogen) atoms. The monoisotopic (exact) mass is 331 g/mol. The molecule has 1 aromatic heterocycles. The normalized spacial score (nSPS) is 16.6. The summed E-state index contributed by atoms with van der Waals surface area (Å²) in [4.78, 5) is 19.7. The van der Waals surface area contributed by atoms with Crippen molar-refractivity contribution in [1.82, 2.24) is 9.88 Å². The van der Waals surface area contributed by atoms with Crippen LogP contribution < -0.4 is 10.0 Å². The third kappa shape index (κ3) is 3.77. The Hall–Kier alpha value is -1.76. The number of carboxylic acids is 1. The Bertz CT molecular complexity index is 706. The molecule has 2 aromatic rings. The molecule has 0 radical (unpaired) electrons. The molecule has 6 heteroatoms. The largest absolute Gasteiger partial charge is 0.544 e. The molecule has 5 nitrogen and oxygen atoms in total.